The highest BCUT2D eigenvalue weighted by Gasteiger charge is 2.18. The molecule has 0 unspecified atom stereocenters. The van der Waals surface area contributed by atoms with E-state index in [1.165, 1.54) is 11.3 Å². The van der Waals surface area contributed by atoms with Crippen molar-refractivity contribution in [3.8, 4) is 0 Å². The Morgan fingerprint density at radius 2 is 2.20 bits per heavy atom. The van der Waals surface area contributed by atoms with Gasteiger partial charge in [-0.25, -0.2) is 15.0 Å². The molecule has 0 aliphatic heterocycles. The summed E-state index contributed by atoms with van der Waals surface area (Å²) in [4.78, 5) is 25.4. The zero-order valence-corrected chi connectivity index (χ0v) is 11.4. The fourth-order valence-electron chi connectivity index (χ4n) is 1.73. The molecule has 0 aliphatic rings. The number of amides is 1. The number of oxazole rings is 1. The van der Waals surface area contributed by atoms with Crippen LogP contribution >= 0.6 is 11.3 Å². The monoisotopic (exact) mass is 289 g/mol. The Morgan fingerprint density at radius 1 is 1.40 bits per heavy atom. The van der Waals surface area contributed by atoms with Crippen molar-refractivity contribution < 1.29 is 9.21 Å². The smallest absolute Gasteiger partial charge is 0.264 e. The van der Waals surface area contributed by atoms with Crippen LogP contribution in [0.5, 0.6) is 0 Å². The largest absolute Gasteiger partial charge is 0.444 e. The van der Waals surface area contributed by atoms with Gasteiger partial charge in [0.2, 0.25) is 5.89 Å². The fourth-order valence-corrected chi connectivity index (χ4v) is 2.67. The van der Waals surface area contributed by atoms with Crippen LogP contribution in [0.2, 0.25) is 0 Å². The molecule has 3 aromatic heterocycles. The van der Waals surface area contributed by atoms with Crippen LogP contribution in [-0.4, -0.2) is 20.9 Å². The van der Waals surface area contributed by atoms with Crippen LogP contribution in [0.1, 0.15) is 21.3 Å². The first-order valence-corrected chi connectivity index (χ1v) is 6.65. The number of thiophene rings is 1. The first kappa shape index (κ1) is 12.5. The summed E-state index contributed by atoms with van der Waals surface area (Å²) in [5.41, 5.74) is 6.82. The third kappa shape index (κ3) is 2.21. The first-order chi connectivity index (χ1) is 9.65. The first-order valence-electron chi connectivity index (χ1n) is 5.83. The number of aromatic nitrogens is 3. The number of rotatable bonds is 3. The number of anilines is 1. The van der Waals surface area contributed by atoms with Crippen molar-refractivity contribution >= 4 is 33.3 Å². The Bertz CT molecular complexity index is 779. The molecular formula is C12H11N5O2S. The van der Waals surface area contributed by atoms with Crippen LogP contribution in [0.15, 0.2) is 23.0 Å². The van der Waals surface area contributed by atoms with Crippen molar-refractivity contribution in [2.24, 2.45) is 0 Å². The third-order valence-electron chi connectivity index (χ3n) is 2.64. The minimum atomic E-state index is -0.289. The van der Waals surface area contributed by atoms with Gasteiger partial charge in [-0.05, 0) is 6.92 Å². The summed E-state index contributed by atoms with van der Waals surface area (Å²) in [6, 6.07) is 0. The third-order valence-corrected chi connectivity index (χ3v) is 3.74. The maximum absolute atomic E-state index is 12.1. The number of carbonyl (C=O) groups is 1. The molecule has 7 nitrogen and oxygen atoms in total. The summed E-state index contributed by atoms with van der Waals surface area (Å²) in [5.74, 6) is 0.860. The number of fused-ring (bicyclic) bond motifs is 1. The molecule has 0 spiro atoms. The van der Waals surface area contributed by atoms with E-state index in [2.05, 4.69) is 20.3 Å². The molecule has 0 saturated heterocycles. The number of nitrogens with two attached hydrogens (primary N) is 1. The van der Waals surface area contributed by atoms with Crippen LogP contribution in [0, 0.1) is 6.92 Å². The van der Waals surface area contributed by atoms with Gasteiger partial charge in [0.25, 0.3) is 5.91 Å². The molecule has 3 aromatic rings. The number of carbonyl (C=O) groups excluding carboxylic acids is 1. The minimum Gasteiger partial charge on any atom is -0.444 e. The lowest BCUT2D eigenvalue weighted by atomic mass is 10.3. The van der Waals surface area contributed by atoms with Gasteiger partial charge in [-0.3, -0.25) is 4.79 Å². The van der Waals surface area contributed by atoms with E-state index in [1.54, 1.807) is 25.5 Å². The topological polar surface area (TPSA) is 107 Å². The van der Waals surface area contributed by atoms with Gasteiger partial charge in [-0.15, -0.1) is 11.3 Å². The number of aryl methyl sites for hydroxylation is 1. The van der Waals surface area contributed by atoms with E-state index >= 15 is 0 Å². The molecule has 0 aliphatic carbocycles. The normalized spacial score (nSPS) is 10.8. The number of nitrogens with zero attached hydrogens (tertiary/aromatic N) is 3. The predicted molar refractivity (Wildman–Crippen MR) is 74.2 cm³/mol. The maximum atomic E-state index is 12.1. The zero-order chi connectivity index (χ0) is 14.1. The number of nitrogens with one attached hydrogen (secondary N) is 1. The number of hydrogen-bond donors (Lipinski definition) is 2. The highest BCUT2D eigenvalue weighted by molar-refractivity contribution is 7.21. The molecule has 8 heteroatoms. The van der Waals surface area contributed by atoms with Gasteiger partial charge in [0, 0.05) is 12.4 Å². The van der Waals surface area contributed by atoms with Crippen molar-refractivity contribution in [3.05, 3.63) is 35.1 Å². The lowest BCUT2D eigenvalue weighted by Gasteiger charge is -2.01. The standard InChI is InChI=1S/C12H11N5O2S/c1-6-4-16-7(19-6)5-17-11(18)10-8(13)9-12(20-10)15-3-2-14-9/h2-4H,5,13H2,1H3,(H,17,18). The lowest BCUT2D eigenvalue weighted by Crippen LogP contribution is -2.22. The molecule has 20 heavy (non-hydrogen) atoms. The van der Waals surface area contributed by atoms with Crippen LogP contribution in [-0.2, 0) is 6.54 Å². The zero-order valence-electron chi connectivity index (χ0n) is 10.6. The summed E-state index contributed by atoms with van der Waals surface area (Å²) < 4.78 is 5.28. The maximum Gasteiger partial charge on any atom is 0.264 e. The fraction of sp³-hybridized carbons (Fsp3) is 0.167. The van der Waals surface area contributed by atoms with E-state index in [-0.39, 0.29) is 12.5 Å². The average Bonchev–Trinajstić information content (AvgIpc) is 3.01. The molecule has 102 valence electrons. The van der Waals surface area contributed by atoms with E-state index in [4.69, 9.17) is 10.2 Å². The lowest BCUT2D eigenvalue weighted by molar-refractivity contribution is 0.0952. The van der Waals surface area contributed by atoms with Crippen molar-refractivity contribution in [1.29, 1.82) is 0 Å². The molecule has 3 N–H and O–H groups in total. The minimum absolute atomic E-state index is 0.210. The molecule has 0 atom stereocenters. The van der Waals surface area contributed by atoms with Gasteiger partial charge in [-0.2, -0.15) is 0 Å². The van der Waals surface area contributed by atoms with Crippen molar-refractivity contribution in [3.63, 3.8) is 0 Å². The Balaban J connectivity index is 1.80. The molecule has 0 fully saturated rings. The van der Waals surface area contributed by atoms with Gasteiger partial charge in [0.1, 0.15) is 21.0 Å². The van der Waals surface area contributed by atoms with Crippen molar-refractivity contribution in [2.45, 2.75) is 13.5 Å². The SMILES string of the molecule is Cc1cnc(CNC(=O)c2sc3nccnc3c2N)o1. The molecule has 1 amide bonds. The van der Waals surface area contributed by atoms with E-state index in [9.17, 15) is 4.79 Å². The summed E-state index contributed by atoms with van der Waals surface area (Å²) in [6.45, 7) is 2.00. The molecule has 0 aromatic carbocycles. The molecule has 0 bridgehead atoms. The number of hydrogen-bond acceptors (Lipinski definition) is 7. The summed E-state index contributed by atoms with van der Waals surface area (Å²) in [6.07, 6.45) is 4.71. The highest BCUT2D eigenvalue weighted by Crippen LogP contribution is 2.30. The second-order valence-corrected chi connectivity index (χ2v) is 5.10. The summed E-state index contributed by atoms with van der Waals surface area (Å²) in [5, 5.41) is 2.71. The van der Waals surface area contributed by atoms with E-state index in [0.717, 1.165) is 0 Å². The van der Waals surface area contributed by atoms with Gasteiger partial charge >= 0.3 is 0 Å². The average molecular weight is 289 g/mol. The Morgan fingerprint density at radius 3 is 2.90 bits per heavy atom. The Labute approximate surface area is 117 Å². The van der Waals surface area contributed by atoms with E-state index in [1.807, 2.05) is 0 Å². The van der Waals surface area contributed by atoms with Gasteiger partial charge in [-0.1, -0.05) is 0 Å². The second kappa shape index (κ2) is 4.89. The summed E-state index contributed by atoms with van der Waals surface area (Å²) >= 11 is 1.21. The highest BCUT2D eigenvalue weighted by atomic mass is 32.1. The Kier molecular flexibility index (Phi) is 3.07. The van der Waals surface area contributed by atoms with Crippen molar-refractivity contribution in [1.82, 2.24) is 20.3 Å². The van der Waals surface area contributed by atoms with E-state index < -0.39 is 0 Å². The molecular weight excluding hydrogens is 278 g/mol. The quantitative estimate of drug-likeness (QED) is 0.756. The molecule has 0 saturated carbocycles. The van der Waals surface area contributed by atoms with Gasteiger partial charge in [0.15, 0.2) is 0 Å². The van der Waals surface area contributed by atoms with Crippen LogP contribution in [0.25, 0.3) is 10.3 Å². The molecule has 0 radical (unpaired) electrons. The molecule has 3 heterocycles. The van der Waals surface area contributed by atoms with Crippen LogP contribution in [0.4, 0.5) is 5.69 Å². The van der Waals surface area contributed by atoms with Crippen LogP contribution < -0.4 is 11.1 Å². The second-order valence-electron chi connectivity index (χ2n) is 4.10. The predicted octanol–water partition coefficient (Wildman–Crippen LogP) is 1.50. The summed E-state index contributed by atoms with van der Waals surface area (Å²) in [7, 11) is 0. The Hall–Kier alpha value is -2.48. The molecule has 3 rings (SSSR count). The van der Waals surface area contributed by atoms with E-state index in [0.29, 0.717) is 32.6 Å². The van der Waals surface area contributed by atoms with Gasteiger partial charge < -0.3 is 15.5 Å². The van der Waals surface area contributed by atoms with Crippen molar-refractivity contribution in [2.75, 3.05) is 5.73 Å². The van der Waals surface area contributed by atoms with Gasteiger partial charge in [0.05, 0.1) is 18.4 Å². The van der Waals surface area contributed by atoms with Crippen LogP contribution in [0.3, 0.4) is 0 Å². The number of nitrogen functional groups attached to an aromatic ring is 1.